The SMILES string of the molecule is Cc1nn(C(=O)OC(C)(C)C)c2cccc(OC[C@@H](O)CNCC3COc4ccccc4C3)c12. The molecular weight excluding hydrogens is 434 g/mol. The second-order valence-electron chi connectivity index (χ2n) is 9.74. The highest BCUT2D eigenvalue weighted by atomic mass is 16.6. The molecule has 182 valence electrons. The molecule has 3 aromatic rings. The van der Waals surface area contributed by atoms with Crippen LogP contribution in [0.5, 0.6) is 11.5 Å². The second-order valence-corrected chi connectivity index (χ2v) is 9.74. The Morgan fingerprint density at radius 1 is 1.26 bits per heavy atom. The number of hydrogen-bond donors (Lipinski definition) is 2. The van der Waals surface area contributed by atoms with Crippen LogP contribution in [0.15, 0.2) is 42.5 Å². The third-order valence-corrected chi connectivity index (χ3v) is 5.61. The molecule has 1 aromatic heterocycles. The largest absolute Gasteiger partial charge is 0.493 e. The Labute approximate surface area is 199 Å². The number of hydrogen-bond acceptors (Lipinski definition) is 7. The number of nitrogens with zero attached hydrogens (tertiary/aromatic N) is 2. The molecule has 0 saturated heterocycles. The van der Waals surface area contributed by atoms with Crippen LogP contribution in [0.4, 0.5) is 4.79 Å². The predicted octanol–water partition coefficient (Wildman–Crippen LogP) is 3.71. The summed E-state index contributed by atoms with van der Waals surface area (Å²) in [5.74, 6) is 1.89. The Kier molecular flexibility index (Phi) is 7.09. The highest BCUT2D eigenvalue weighted by Crippen LogP contribution is 2.29. The van der Waals surface area contributed by atoms with Gasteiger partial charge in [-0.05, 0) is 57.9 Å². The van der Waals surface area contributed by atoms with Crippen molar-refractivity contribution >= 4 is 17.0 Å². The Bertz CT molecular complexity index is 1150. The van der Waals surface area contributed by atoms with Gasteiger partial charge in [-0.25, -0.2) is 4.79 Å². The lowest BCUT2D eigenvalue weighted by Gasteiger charge is -2.25. The van der Waals surface area contributed by atoms with Gasteiger partial charge in [0.05, 0.1) is 23.2 Å². The number of ether oxygens (including phenoxy) is 3. The van der Waals surface area contributed by atoms with Crippen LogP contribution in [0, 0.1) is 12.8 Å². The van der Waals surface area contributed by atoms with Gasteiger partial charge in [-0.15, -0.1) is 0 Å². The Morgan fingerprint density at radius 3 is 2.85 bits per heavy atom. The number of aliphatic hydroxyl groups is 1. The summed E-state index contributed by atoms with van der Waals surface area (Å²) >= 11 is 0. The topological polar surface area (TPSA) is 94.8 Å². The summed E-state index contributed by atoms with van der Waals surface area (Å²) in [6.45, 7) is 9.20. The fourth-order valence-corrected chi connectivity index (χ4v) is 4.10. The smallest absolute Gasteiger partial charge is 0.435 e. The third kappa shape index (κ3) is 5.69. The summed E-state index contributed by atoms with van der Waals surface area (Å²) in [5, 5.41) is 18.9. The van der Waals surface area contributed by atoms with E-state index in [1.54, 1.807) is 12.1 Å². The minimum absolute atomic E-state index is 0.118. The van der Waals surface area contributed by atoms with Crippen LogP contribution in [0.2, 0.25) is 0 Å². The van der Waals surface area contributed by atoms with Crippen molar-refractivity contribution in [3.8, 4) is 11.5 Å². The zero-order chi connectivity index (χ0) is 24.3. The molecule has 8 heteroatoms. The van der Waals surface area contributed by atoms with Crippen molar-refractivity contribution in [1.29, 1.82) is 0 Å². The highest BCUT2D eigenvalue weighted by Gasteiger charge is 2.23. The molecule has 1 unspecified atom stereocenters. The molecule has 2 aromatic carbocycles. The van der Waals surface area contributed by atoms with Gasteiger partial charge in [0.2, 0.25) is 0 Å². The van der Waals surface area contributed by atoms with Crippen LogP contribution in [-0.2, 0) is 11.2 Å². The number of carbonyl (C=O) groups excluding carboxylic acids is 1. The standard InChI is InChI=1S/C26H33N3O5/c1-17-24-21(29(28-17)25(31)34-26(2,3)4)9-7-11-23(24)33-16-20(30)14-27-13-18-12-19-8-5-6-10-22(19)32-15-18/h5-11,18,20,27,30H,12-16H2,1-4H3/t18?,20-/m0/s1. The first kappa shape index (κ1) is 24.0. The lowest BCUT2D eigenvalue weighted by Crippen LogP contribution is -2.37. The number of para-hydroxylation sites is 1. The molecule has 2 heterocycles. The molecule has 0 saturated carbocycles. The molecule has 0 fully saturated rings. The number of aliphatic hydroxyl groups excluding tert-OH is 1. The molecule has 2 atom stereocenters. The molecule has 0 spiro atoms. The average molecular weight is 468 g/mol. The van der Waals surface area contributed by atoms with Crippen molar-refractivity contribution in [2.24, 2.45) is 5.92 Å². The second kappa shape index (κ2) is 10.0. The van der Waals surface area contributed by atoms with Gasteiger partial charge in [-0.1, -0.05) is 24.3 Å². The van der Waals surface area contributed by atoms with Gasteiger partial charge in [0, 0.05) is 19.0 Å². The molecule has 0 aliphatic carbocycles. The minimum Gasteiger partial charge on any atom is -0.493 e. The summed E-state index contributed by atoms with van der Waals surface area (Å²) in [5.41, 5.74) is 1.86. The number of rotatable bonds is 7. The van der Waals surface area contributed by atoms with E-state index in [1.165, 1.54) is 10.2 Å². The van der Waals surface area contributed by atoms with E-state index >= 15 is 0 Å². The van der Waals surface area contributed by atoms with Crippen molar-refractivity contribution in [2.45, 2.75) is 45.8 Å². The first-order valence-corrected chi connectivity index (χ1v) is 11.7. The van der Waals surface area contributed by atoms with Gasteiger partial charge < -0.3 is 24.6 Å². The van der Waals surface area contributed by atoms with E-state index in [4.69, 9.17) is 14.2 Å². The third-order valence-electron chi connectivity index (χ3n) is 5.61. The van der Waals surface area contributed by atoms with Crippen LogP contribution in [0.1, 0.15) is 32.0 Å². The number of nitrogens with one attached hydrogen (secondary N) is 1. The molecule has 1 aliphatic rings. The van der Waals surface area contributed by atoms with E-state index in [1.807, 2.05) is 52.0 Å². The molecule has 8 nitrogen and oxygen atoms in total. The van der Waals surface area contributed by atoms with E-state index in [0.717, 1.165) is 24.1 Å². The van der Waals surface area contributed by atoms with E-state index in [9.17, 15) is 9.90 Å². The zero-order valence-corrected chi connectivity index (χ0v) is 20.2. The maximum Gasteiger partial charge on any atom is 0.435 e. The lowest BCUT2D eigenvalue weighted by atomic mass is 9.97. The van der Waals surface area contributed by atoms with Gasteiger partial charge >= 0.3 is 6.09 Å². The molecule has 0 bridgehead atoms. The molecule has 0 radical (unpaired) electrons. The Hall–Kier alpha value is -3.10. The quantitative estimate of drug-likeness (QED) is 0.547. The molecule has 34 heavy (non-hydrogen) atoms. The average Bonchev–Trinajstić information content (AvgIpc) is 3.14. The monoisotopic (exact) mass is 467 g/mol. The van der Waals surface area contributed by atoms with Gasteiger partial charge in [0.15, 0.2) is 0 Å². The van der Waals surface area contributed by atoms with Gasteiger partial charge in [0.25, 0.3) is 0 Å². The molecule has 2 N–H and O–H groups in total. The summed E-state index contributed by atoms with van der Waals surface area (Å²) in [6.07, 6.45) is -0.270. The van der Waals surface area contributed by atoms with Crippen LogP contribution in [0.3, 0.4) is 0 Å². The highest BCUT2D eigenvalue weighted by molar-refractivity contribution is 5.93. The number of aromatic nitrogens is 2. The Morgan fingerprint density at radius 2 is 2.06 bits per heavy atom. The molecule has 0 amide bonds. The molecule has 4 rings (SSSR count). The number of aryl methyl sites for hydroxylation is 1. The summed E-state index contributed by atoms with van der Waals surface area (Å²) in [6, 6.07) is 13.5. The van der Waals surface area contributed by atoms with Crippen molar-refractivity contribution in [3.63, 3.8) is 0 Å². The molecule has 1 aliphatic heterocycles. The van der Waals surface area contributed by atoms with Crippen molar-refractivity contribution in [1.82, 2.24) is 15.1 Å². The number of fused-ring (bicyclic) bond motifs is 2. The minimum atomic E-state index is -0.687. The summed E-state index contributed by atoms with van der Waals surface area (Å²) < 4.78 is 18.5. The molecular formula is C26H33N3O5. The lowest BCUT2D eigenvalue weighted by molar-refractivity contribution is 0.0522. The van der Waals surface area contributed by atoms with Gasteiger partial charge in [-0.2, -0.15) is 9.78 Å². The zero-order valence-electron chi connectivity index (χ0n) is 20.2. The summed E-state index contributed by atoms with van der Waals surface area (Å²) in [7, 11) is 0. The Balaban J connectivity index is 1.31. The van der Waals surface area contributed by atoms with Crippen LogP contribution < -0.4 is 14.8 Å². The van der Waals surface area contributed by atoms with E-state index in [0.29, 0.717) is 36.0 Å². The van der Waals surface area contributed by atoms with Crippen LogP contribution in [0.25, 0.3) is 10.9 Å². The van der Waals surface area contributed by atoms with E-state index in [-0.39, 0.29) is 6.61 Å². The number of carbonyl (C=O) groups is 1. The van der Waals surface area contributed by atoms with Crippen LogP contribution >= 0.6 is 0 Å². The van der Waals surface area contributed by atoms with Crippen molar-refractivity contribution in [3.05, 3.63) is 53.7 Å². The van der Waals surface area contributed by atoms with Crippen molar-refractivity contribution < 1.29 is 24.1 Å². The first-order valence-electron chi connectivity index (χ1n) is 11.7. The fraction of sp³-hybridized carbons (Fsp3) is 0.462. The van der Waals surface area contributed by atoms with E-state index in [2.05, 4.69) is 16.5 Å². The fourth-order valence-electron chi connectivity index (χ4n) is 4.10. The predicted molar refractivity (Wildman–Crippen MR) is 130 cm³/mol. The normalized spacial score (nSPS) is 16.6. The first-order chi connectivity index (χ1) is 16.2. The van der Waals surface area contributed by atoms with Gasteiger partial charge in [-0.3, -0.25) is 0 Å². The van der Waals surface area contributed by atoms with Crippen molar-refractivity contribution in [2.75, 3.05) is 26.3 Å². The van der Waals surface area contributed by atoms with E-state index < -0.39 is 17.8 Å². The van der Waals surface area contributed by atoms with Gasteiger partial charge in [0.1, 0.15) is 29.8 Å². The summed E-state index contributed by atoms with van der Waals surface area (Å²) in [4.78, 5) is 12.6. The maximum atomic E-state index is 12.6. The maximum absolute atomic E-state index is 12.6. The number of benzene rings is 2. The van der Waals surface area contributed by atoms with Crippen LogP contribution in [-0.4, -0.2) is 59.0 Å².